The first-order valence-electron chi connectivity index (χ1n) is 2.83. The minimum atomic E-state index is -1.05. The van der Waals surface area contributed by atoms with E-state index in [0.29, 0.717) is 0 Å². The second-order valence-electron chi connectivity index (χ2n) is 1.91. The third-order valence-electron chi connectivity index (χ3n) is 1.19. The van der Waals surface area contributed by atoms with Crippen molar-refractivity contribution in [1.82, 2.24) is 0 Å². The predicted octanol–water partition coefficient (Wildman–Crippen LogP) is 2.63. The molecule has 1 nitrogen and oxygen atoms in total. The lowest BCUT2D eigenvalue weighted by molar-refractivity contribution is 0.406. The molecule has 0 N–H and O–H groups in total. The average Bonchev–Trinajstić information content (AvgIpc) is 1.99. The first kappa shape index (κ1) is 8.27. The van der Waals surface area contributed by atoms with Crippen molar-refractivity contribution in [2.45, 2.75) is 0 Å². The van der Waals surface area contributed by atoms with Crippen molar-refractivity contribution in [3.8, 4) is 5.75 Å². The molecule has 11 heavy (non-hydrogen) atoms. The molecule has 0 aliphatic carbocycles. The summed E-state index contributed by atoms with van der Waals surface area (Å²) in [6.45, 7) is 0. The molecule has 0 aromatic heterocycles. The SMILES string of the molecule is COc1cc(F)c(F)c(Cl)c1. The molecule has 1 aromatic carbocycles. The van der Waals surface area contributed by atoms with Crippen molar-refractivity contribution in [1.29, 1.82) is 0 Å². The van der Waals surface area contributed by atoms with Gasteiger partial charge in [0.05, 0.1) is 12.1 Å². The van der Waals surface area contributed by atoms with Gasteiger partial charge in [0, 0.05) is 12.1 Å². The number of benzene rings is 1. The predicted molar refractivity (Wildman–Crippen MR) is 37.9 cm³/mol. The maximum Gasteiger partial charge on any atom is 0.177 e. The molecule has 0 amide bonds. The number of hydrogen-bond donors (Lipinski definition) is 0. The van der Waals surface area contributed by atoms with Gasteiger partial charge in [-0.2, -0.15) is 0 Å². The number of ether oxygens (including phenoxy) is 1. The Morgan fingerprint density at radius 2 is 2.00 bits per heavy atom. The van der Waals surface area contributed by atoms with Gasteiger partial charge in [-0.3, -0.25) is 0 Å². The van der Waals surface area contributed by atoms with E-state index in [1.165, 1.54) is 13.2 Å². The summed E-state index contributed by atoms with van der Waals surface area (Å²) in [5, 5.41) is -0.276. The highest BCUT2D eigenvalue weighted by Crippen LogP contribution is 2.23. The van der Waals surface area contributed by atoms with E-state index in [2.05, 4.69) is 4.74 Å². The summed E-state index contributed by atoms with van der Waals surface area (Å²) < 4.78 is 29.6. The highest BCUT2D eigenvalue weighted by atomic mass is 35.5. The Labute approximate surface area is 67.5 Å². The maximum atomic E-state index is 12.5. The molecule has 0 unspecified atom stereocenters. The van der Waals surface area contributed by atoms with E-state index in [0.717, 1.165) is 6.07 Å². The topological polar surface area (TPSA) is 9.23 Å². The zero-order valence-corrected chi connectivity index (χ0v) is 6.45. The molecule has 0 aliphatic heterocycles. The molecule has 0 atom stereocenters. The molecule has 0 saturated heterocycles. The first-order valence-corrected chi connectivity index (χ1v) is 3.21. The van der Waals surface area contributed by atoms with E-state index in [1.807, 2.05) is 0 Å². The zero-order chi connectivity index (χ0) is 8.43. The molecule has 0 spiro atoms. The van der Waals surface area contributed by atoms with Gasteiger partial charge in [-0.15, -0.1) is 0 Å². The maximum absolute atomic E-state index is 12.5. The first-order chi connectivity index (χ1) is 5.15. The minimum Gasteiger partial charge on any atom is -0.497 e. The third-order valence-corrected chi connectivity index (χ3v) is 1.47. The number of methoxy groups -OCH3 is 1. The van der Waals surface area contributed by atoms with Gasteiger partial charge in [0.1, 0.15) is 5.75 Å². The van der Waals surface area contributed by atoms with Gasteiger partial charge in [-0.05, 0) is 0 Å². The Morgan fingerprint density at radius 3 is 2.45 bits per heavy atom. The van der Waals surface area contributed by atoms with Crippen LogP contribution in [0.25, 0.3) is 0 Å². The van der Waals surface area contributed by atoms with Crippen molar-refractivity contribution in [2.75, 3.05) is 7.11 Å². The number of hydrogen-bond acceptors (Lipinski definition) is 1. The van der Waals surface area contributed by atoms with Crippen molar-refractivity contribution in [2.24, 2.45) is 0 Å². The Balaban J connectivity index is 3.21. The summed E-state index contributed by atoms with van der Waals surface area (Å²) in [5.74, 6) is -1.85. The second kappa shape index (κ2) is 3.05. The van der Waals surface area contributed by atoms with E-state index in [1.54, 1.807) is 0 Å². The van der Waals surface area contributed by atoms with Gasteiger partial charge in [-0.25, -0.2) is 8.78 Å². The monoisotopic (exact) mass is 178 g/mol. The van der Waals surface area contributed by atoms with Crippen molar-refractivity contribution in [3.05, 3.63) is 28.8 Å². The normalized spacial score (nSPS) is 9.82. The molecular weight excluding hydrogens is 174 g/mol. The van der Waals surface area contributed by atoms with E-state index in [9.17, 15) is 8.78 Å². The lowest BCUT2D eigenvalue weighted by Gasteiger charge is -2.00. The van der Waals surface area contributed by atoms with Gasteiger partial charge in [-0.1, -0.05) is 11.6 Å². The summed E-state index contributed by atoms with van der Waals surface area (Å²) in [6, 6.07) is 2.14. The molecule has 0 radical (unpaired) electrons. The van der Waals surface area contributed by atoms with Crippen LogP contribution in [0.5, 0.6) is 5.75 Å². The quantitative estimate of drug-likeness (QED) is 0.601. The standard InChI is InChI=1S/C7H5ClF2O/c1-11-4-2-5(8)7(10)6(9)3-4/h2-3H,1H3. The minimum absolute atomic E-state index is 0.203. The van der Waals surface area contributed by atoms with Crippen LogP contribution in [0.2, 0.25) is 5.02 Å². The average molecular weight is 179 g/mol. The summed E-state index contributed by atoms with van der Waals surface area (Å²) in [7, 11) is 1.35. The van der Waals surface area contributed by atoms with Crippen molar-refractivity contribution in [3.63, 3.8) is 0 Å². The van der Waals surface area contributed by atoms with Crippen LogP contribution in [0, 0.1) is 11.6 Å². The number of halogens is 3. The highest BCUT2D eigenvalue weighted by molar-refractivity contribution is 6.30. The van der Waals surface area contributed by atoms with Crippen molar-refractivity contribution < 1.29 is 13.5 Å². The van der Waals surface area contributed by atoms with Crippen LogP contribution < -0.4 is 4.74 Å². The lowest BCUT2D eigenvalue weighted by atomic mass is 10.3. The molecule has 0 saturated carbocycles. The number of rotatable bonds is 1. The fraction of sp³-hybridized carbons (Fsp3) is 0.143. The van der Waals surface area contributed by atoms with Crippen LogP contribution >= 0.6 is 11.6 Å². The van der Waals surface area contributed by atoms with Crippen LogP contribution in [0.1, 0.15) is 0 Å². The fourth-order valence-corrected chi connectivity index (χ4v) is 0.848. The molecule has 4 heteroatoms. The van der Waals surface area contributed by atoms with Gasteiger partial charge in [0.2, 0.25) is 0 Å². The van der Waals surface area contributed by atoms with Crippen LogP contribution in [0.3, 0.4) is 0 Å². The van der Waals surface area contributed by atoms with E-state index in [4.69, 9.17) is 11.6 Å². The van der Waals surface area contributed by atoms with Gasteiger partial charge in [0.15, 0.2) is 11.6 Å². The molecule has 0 heterocycles. The summed E-state index contributed by atoms with van der Waals surface area (Å²) in [4.78, 5) is 0. The van der Waals surface area contributed by atoms with Crippen LogP contribution in [0.4, 0.5) is 8.78 Å². The van der Waals surface area contributed by atoms with Crippen LogP contribution in [0.15, 0.2) is 12.1 Å². The lowest BCUT2D eigenvalue weighted by Crippen LogP contribution is -1.88. The van der Waals surface area contributed by atoms with Crippen molar-refractivity contribution >= 4 is 11.6 Å². The van der Waals surface area contributed by atoms with Crippen LogP contribution in [-0.4, -0.2) is 7.11 Å². The molecule has 0 bridgehead atoms. The summed E-state index contributed by atoms with van der Waals surface area (Å²) in [6.07, 6.45) is 0. The molecule has 1 aromatic rings. The van der Waals surface area contributed by atoms with Gasteiger partial charge < -0.3 is 4.74 Å². The summed E-state index contributed by atoms with van der Waals surface area (Å²) in [5.41, 5.74) is 0. The second-order valence-corrected chi connectivity index (χ2v) is 2.31. The summed E-state index contributed by atoms with van der Waals surface area (Å²) >= 11 is 5.30. The van der Waals surface area contributed by atoms with E-state index >= 15 is 0 Å². The molecule has 0 fully saturated rings. The highest BCUT2D eigenvalue weighted by Gasteiger charge is 2.08. The molecule has 60 valence electrons. The Bertz CT molecular complexity index is 252. The fourth-order valence-electron chi connectivity index (χ4n) is 0.650. The Morgan fingerprint density at radius 1 is 1.36 bits per heavy atom. The zero-order valence-electron chi connectivity index (χ0n) is 5.70. The Hall–Kier alpha value is -0.830. The molecule has 0 aliphatic rings. The van der Waals surface area contributed by atoms with E-state index in [-0.39, 0.29) is 10.8 Å². The smallest absolute Gasteiger partial charge is 0.177 e. The van der Waals surface area contributed by atoms with E-state index < -0.39 is 11.6 Å². The van der Waals surface area contributed by atoms with Gasteiger partial charge in [0.25, 0.3) is 0 Å². The molecule has 1 rings (SSSR count). The molecular formula is C7H5ClF2O. The third kappa shape index (κ3) is 1.60. The largest absolute Gasteiger partial charge is 0.497 e. The van der Waals surface area contributed by atoms with Gasteiger partial charge >= 0.3 is 0 Å². The van der Waals surface area contributed by atoms with Crippen LogP contribution in [-0.2, 0) is 0 Å². The Kier molecular flexibility index (Phi) is 2.29.